The molecule has 1 atom stereocenters. The zero-order valence-electron chi connectivity index (χ0n) is 18.3. The molecule has 1 aliphatic rings. The number of hydrogen-bond acceptors (Lipinski definition) is 7. The lowest BCUT2D eigenvalue weighted by Crippen LogP contribution is -2.26. The van der Waals surface area contributed by atoms with E-state index in [-0.39, 0.29) is 17.4 Å². The highest BCUT2D eigenvalue weighted by Gasteiger charge is 2.29. The third-order valence-corrected chi connectivity index (χ3v) is 5.53. The lowest BCUT2D eigenvalue weighted by Gasteiger charge is -2.19. The van der Waals surface area contributed by atoms with Crippen molar-refractivity contribution in [3.05, 3.63) is 58.0 Å². The maximum absolute atomic E-state index is 13.1. The van der Waals surface area contributed by atoms with Gasteiger partial charge >= 0.3 is 0 Å². The van der Waals surface area contributed by atoms with Crippen LogP contribution in [0.3, 0.4) is 0 Å². The number of fused-ring (bicyclic) bond motifs is 3. The van der Waals surface area contributed by atoms with Gasteiger partial charge in [0.2, 0.25) is 17.1 Å². The van der Waals surface area contributed by atoms with Crippen molar-refractivity contribution >= 4 is 5.91 Å². The molecule has 2 aromatic carbocycles. The largest absolute Gasteiger partial charge is 0.493 e. The fourth-order valence-electron chi connectivity index (χ4n) is 4.20. The Labute approximate surface area is 184 Å². The van der Waals surface area contributed by atoms with Crippen LogP contribution in [0.2, 0.25) is 0 Å². The number of carbonyl (C=O) groups is 1. The summed E-state index contributed by atoms with van der Waals surface area (Å²) in [4.78, 5) is 26.4. The molecule has 1 N–H and O–H groups in total. The topological polar surface area (TPSA) is 105 Å². The van der Waals surface area contributed by atoms with Crippen LogP contribution in [-0.4, -0.2) is 42.2 Å². The summed E-state index contributed by atoms with van der Waals surface area (Å²) in [6.07, 6.45) is 4.24. The number of carbonyl (C=O) groups excluding carboxylic acids is 1. The molecule has 9 heteroatoms. The zero-order chi connectivity index (χ0) is 22.8. The normalized spacial score (nSPS) is 14.6. The summed E-state index contributed by atoms with van der Waals surface area (Å²) in [5.41, 5.74) is 3.23. The Morgan fingerprint density at radius 1 is 1.06 bits per heavy atom. The van der Waals surface area contributed by atoms with Crippen molar-refractivity contribution in [3.8, 4) is 34.1 Å². The maximum Gasteiger partial charge on any atom is 0.217 e. The standard InChI is InChI=1S/C23H24N4O5/c1-13(28)26-17-7-5-14-11-20(30-2)22(31-3)23(32-4)21(14)15-6-8-18(19(29)12-16(15)17)27-24-9-10-25-27/h6,8-12,17H,5,7H2,1-4H3,(H,26,28)/t17-/m0/s1. The maximum atomic E-state index is 13.1. The molecule has 1 aromatic heterocycles. The Bertz CT molecular complexity index is 1220. The van der Waals surface area contributed by atoms with Gasteiger partial charge in [-0.3, -0.25) is 9.59 Å². The molecule has 3 aromatic rings. The highest BCUT2D eigenvalue weighted by Crippen LogP contribution is 2.50. The molecular weight excluding hydrogens is 412 g/mol. The van der Waals surface area contributed by atoms with Crippen molar-refractivity contribution in [1.82, 2.24) is 20.3 Å². The van der Waals surface area contributed by atoms with Crippen LogP contribution in [-0.2, 0) is 11.2 Å². The predicted octanol–water partition coefficient (Wildman–Crippen LogP) is 2.44. The molecule has 166 valence electrons. The molecule has 1 aliphatic carbocycles. The zero-order valence-corrected chi connectivity index (χ0v) is 18.3. The fraction of sp³-hybridized carbons (Fsp3) is 0.304. The lowest BCUT2D eigenvalue weighted by atomic mass is 9.95. The van der Waals surface area contributed by atoms with Gasteiger partial charge in [-0.05, 0) is 47.7 Å². The van der Waals surface area contributed by atoms with Gasteiger partial charge in [-0.1, -0.05) is 6.07 Å². The second-order valence-electron chi connectivity index (χ2n) is 7.39. The molecule has 0 radical (unpaired) electrons. The molecular formula is C23H24N4O5. The SMILES string of the molecule is COc1cc2c(c(OC)c1OC)-c1ccc(-n3nccn3)c(=O)cc1[C@@H](NC(C)=O)CC2. The Morgan fingerprint density at radius 3 is 2.41 bits per heavy atom. The van der Waals surface area contributed by atoms with Crippen LogP contribution in [0.4, 0.5) is 0 Å². The van der Waals surface area contributed by atoms with E-state index in [4.69, 9.17) is 14.2 Å². The van der Waals surface area contributed by atoms with Crippen molar-refractivity contribution < 1.29 is 19.0 Å². The first kappa shape index (κ1) is 21.4. The van der Waals surface area contributed by atoms with E-state index in [0.29, 0.717) is 41.3 Å². The van der Waals surface area contributed by atoms with Gasteiger partial charge in [0.1, 0.15) is 5.69 Å². The first-order valence-corrected chi connectivity index (χ1v) is 10.1. The molecule has 0 bridgehead atoms. The van der Waals surface area contributed by atoms with Crippen LogP contribution in [0.15, 0.2) is 41.5 Å². The van der Waals surface area contributed by atoms with Crippen LogP contribution < -0.4 is 25.0 Å². The third kappa shape index (κ3) is 3.66. The van der Waals surface area contributed by atoms with E-state index < -0.39 is 0 Å². The number of aryl methyl sites for hydroxylation is 1. The number of methoxy groups -OCH3 is 3. The van der Waals surface area contributed by atoms with Gasteiger partial charge in [0.25, 0.3) is 0 Å². The molecule has 32 heavy (non-hydrogen) atoms. The lowest BCUT2D eigenvalue weighted by molar-refractivity contribution is -0.119. The number of rotatable bonds is 5. The molecule has 1 heterocycles. The summed E-state index contributed by atoms with van der Waals surface area (Å²) in [6.45, 7) is 1.46. The highest BCUT2D eigenvalue weighted by molar-refractivity contribution is 5.83. The molecule has 0 spiro atoms. The number of aromatic nitrogens is 3. The number of nitrogens with one attached hydrogen (secondary N) is 1. The Hall–Kier alpha value is -3.88. The molecule has 1 amide bonds. The minimum atomic E-state index is -0.366. The summed E-state index contributed by atoms with van der Waals surface area (Å²) in [5.74, 6) is 1.33. The number of nitrogens with zero attached hydrogens (tertiary/aromatic N) is 3. The van der Waals surface area contributed by atoms with Gasteiger partial charge < -0.3 is 19.5 Å². The third-order valence-electron chi connectivity index (χ3n) is 5.53. The molecule has 0 unspecified atom stereocenters. The van der Waals surface area contributed by atoms with Gasteiger partial charge in [0, 0.05) is 12.5 Å². The fourth-order valence-corrected chi connectivity index (χ4v) is 4.20. The van der Waals surface area contributed by atoms with E-state index in [0.717, 1.165) is 16.7 Å². The molecule has 4 rings (SSSR count). The van der Waals surface area contributed by atoms with E-state index >= 15 is 0 Å². The quantitative estimate of drug-likeness (QED) is 0.655. The van der Waals surface area contributed by atoms with E-state index in [1.165, 1.54) is 24.1 Å². The average molecular weight is 436 g/mol. The number of amides is 1. The number of ether oxygens (including phenoxy) is 3. The minimum Gasteiger partial charge on any atom is -0.493 e. The van der Waals surface area contributed by atoms with E-state index in [1.54, 1.807) is 33.5 Å². The van der Waals surface area contributed by atoms with Gasteiger partial charge in [-0.25, -0.2) is 0 Å². The summed E-state index contributed by atoms with van der Waals surface area (Å²) >= 11 is 0. The molecule has 0 fully saturated rings. The van der Waals surface area contributed by atoms with Crippen LogP contribution >= 0.6 is 0 Å². The van der Waals surface area contributed by atoms with Crippen LogP contribution in [0.1, 0.15) is 30.5 Å². The van der Waals surface area contributed by atoms with E-state index in [2.05, 4.69) is 15.5 Å². The minimum absolute atomic E-state index is 0.179. The van der Waals surface area contributed by atoms with Crippen LogP contribution in [0.25, 0.3) is 16.8 Å². The first-order chi connectivity index (χ1) is 15.5. The van der Waals surface area contributed by atoms with Crippen molar-refractivity contribution in [3.63, 3.8) is 0 Å². The van der Waals surface area contributed by atoms with E-state index in [9.17, 15) is 9.59 Å². The van der Waals surface area contributed by atoms with Crippen molar-refractivity contribution in [1.29, 1.82) is 0 Å². The second-order valence-corrected chi connectivity index (χ2v) is 7.39. The first-order valence-electron chi connectivity index (χ1n) is 10.1. The monoisotopic (exact) mass is 436 g/mol. The Balaban J connectivity index is 2.07. The molecule has 9 nitrogen and oxygen atoms in total. The van der Waals surface area contributed by atoms with E-state index in [1.807, 2.05) is 12.1 Å². The van der Waals surface area contributed by atoms with Gasteiger partial charge in [-0.2, -0.15) is 10.2 Å². The summed E-state index contributed by atoms with van der Waals surface area (Å²) in [7, 11) is 4.68. The number of benzene rings is 1. The molecule has 0 saturated heterocycles. The van der Waals surface area contributed by atoms with Crippen molar-refractivity contribution in [2.75, 3.05) is 21.3 Å². The summed E-state index contributed by atoms with van der Waals surface area (Å²) in [6, 6.07) is 6.60. The smallest absolute Gasteiger partial charge is 0.217 e. The van der Waals surface area contributed by atoms with Crippen LogP contribution in [0, 0.1) is 0 Å². The Kier molecular flexibility index (Phi) is 5.81. The molecule has 0 aliphatic heterocycles. The summed E-state index contributed by atoms with van der Waals surface area (Å²) < 4.78 is 16.9. The van der Waals surface area contributed by atoms with Gasteiger partial charge in [0.15, 0.2) is 11.5 Å². The second kappa shape index (κ2) is 8.70. The Morgan fingerprint density at radius 2 is 1.78 bits per heavy atom. The average Bonchev–Trinajstić information content (AvgIpc) is 3.20. The van der Waals surface area contributed by atoms with Crippen molar-refractivity contribution in [2.45, 2.75) is 25.8 Å². The summed E-state index contributed by atoms with van der Waals surface area (Å²) in [5, 5.41) is 11.2. The molecule has 0 saturated carbocycles. The van der Waals surface area contributed by atoms with Crippen molar-refractivity contribution in [2.24, 2.45) is 0 Å². The highest BCUT2D eigenvalue weighted by atomic mass is 16.5. The van der Waals surface area contributed by atoms with Gasteiger partial charge in [-0.15, -0.1) is 4.80 Å². The van der Waals surface area contributed by atoms with Crippen LogP contribution in [0.5, 0.6) is 17.2 Å². The van der Waals surface area contributed by atoms with Gasteiger partial charge in [0.05, 0.1) is 39.8 Å². The number of hydrogen-bond donors (Lipinski definition) is 1. The predicted molar refractivity (Wildman–Crippen MR) is 118 cm³/mol.